The number of hydrogen-bond acceptors (Lipinski definition) is 3. The van der Waals surface area contributed by atoms with Crippen molar-refractivity contribution < 1.29 is 13.9 Å². The highest BCUT2D eigenvalue weighted by Gasteiger charge is 2.35. The number of aromatic hydroxyl groups is 1. The summed E-state index contributed by atoms with van der Waals surface area (Å²) in [6, 6.07) is 2.52. The van der Waals surface area contributed by atoms with Gasteiger partial charge in [0, 0.05) is 22.7 Å². The molecule has 2 aliphatic rings. The van der Waals surface area contributed by atoms with Crippen molar-refractivity contribution in [3.63, 3.8) is 0 Å². The van der Waals surface area contributed by atoms with Crippen molar-refractivity contribution in [2.45, 2.75) is 18.9 Å². The summed E-state index contributed by atoms with van der Waals surface area (Å²) in [4.78, 5) is 0. The summed E-state index contributed by atoms with van der Waals surface area (Å²) in [6.07, 6.45) is 1.02. The summed E-state index contributed by atoms with van der Waals surface area (Å²) in [5, 5.41) is 13.7. The molecule has 1 atom stereocenters. The number of fused-ring (bicyclic) bond motifs is 2. The molecule has 2 aromatic rings. The molecule has 0 saturated heterocycles. The Morgan fingerprint density at radius 3 is 2.82 bits per heavy atom. The first-order valence-corrected chi connectivity index (χ1v) is 7.83. The average Bonchev–Trinajstić information content (AvgIpc) is 2.53. The lowest BCUT2D eigenvalue weighted by atomic mass is 9.76. The highest BCUT2D eigenvalue weighted by molar-refractivity contribution is 9.10. The van der Waals surface area contributed by atoms with Crippen LogP contribution in [-0.2, 0) is 12.8 Å². The van der Waals surface area contributed by atoms with Gasteiger partial charge in [0.15, 0.2) is 11.6 Å². The van der Waals surface area contributed by atoms with Crippen molar-refractivity contribution in [2.24, 2.45) is 0 Å². The molecule has 3 nitrogen and oxygen atoms in total. The molecule has 0 spiro atoms. The number of nitrogen functional groups attached to an aromatic ring is 1. The molecular formula is C16H13BrF2N2O. The highest BCUT2D eigenvalue weighted by Crippen LogP contribution is 2.51. The first kappa shape index (κ1) is 14.0. The Morgan fingerprint density at radius 2 is 2.05 bits per heavy atom. The maximum absolute atomic E-state index is 14.2. The number of phenolic OH excluding ortho intramolecular Hbond substituents is 1. The molecule has 1 heterocycles. The Morgan fingerprint density at radius 1 is 1.27 bits per heavy atom. The number of benzene rings is 2. The molecule has 1 aliphatic carbocycles. The third-order valence-corrected chi connectivity index (χ3v) is 5.38. The number of rotatable bonds is 0. The second-order valence-electron chi connectivity index (χ2n) is 5.69. The minimum atomic E-state index is -0.852. The fraction of sp³-hybridized carbons (Fsp3) is 0.250. The zero-order valence-corrected chi connectivity index (χ0v) is 13.1. The first-order chi connectivity index (χ1) is 10.5. The predicted molar refractivity (Wildman–Crippen MR) is 83.7 cm³/mol. The average molecular weight is 372 g/mol. The van der Waals surface area contributed by atoms with Crippen LogP contribution in [0.1, 0.15) is 22.7 Å². The van der Waals surface area contributed by atoms with Crippen LogP contribution in [-0.4, -0.2) is 11.7 Å². The van der Waals surface area contributed by atoms with E-state index in [-0.39, 0.29) is 11.8 Å². The van der Waals surface area contributed by atoms with Crippen LogP contribution in [0.2, 0.25) is 0 Å². The van der Waals surface area contributed by atoms with Gasteiger partial charge in [0.1, 0.15) is 5.75 Å². The lowest BCUT2D eigenvalue weighted by Gasteiger charge is -2.36. The molecule has 0 saturated carbocycles. The second kappa shape index (κ2) is 4.67. The lowest BCUT2D eigenvalue weighted by Crippen LogP contribution is -2.34. The molecule has 1 aliphatic heterocycles. The number of phenols is 1. The maximum Gasteiger partial charge on any atom is 0.162 e. The topological polar surface area (TPSA) is 58.3 Å². The van der Waals surface area contributed by atoms with E-state index in [0.717, 1.165) is 17.2 Å². The van der Waals surface area contributed by atoms with Crippen LogP contribution in [0.15, 0.2) is 16.6 Å². The van der Waals surface area contributed by atoms with Crippen molar-refractivity contribution in [2.75, 3.05) is 12.3 Å². The zero-order valence-electron chi connectivity index (χ0n) is 11.5. The third-order valence-electron chi connectivity index (χ3n) is 4.58. The summed E-state index contributed by atoms with van der Waals surface area (Å²) in [7, 11) is 0. The van der Waals surface area contributed by atoms with Gasteiger partial charge in [-0.05, 0) is 52.5 Å². The summed E-state index contributed by atoms with van der Waals surface area (Å²) in [5.41, 5.74) is 9.89. The van der Waals surface area contributed by atoms with Gasteiger partial charge in [-0.15, -0.1) is 0 Å². The van der Waals surface area contributed by atoms with E-state index in [2.05, 4.69) is 21.2 Å². The van der Waals surface area contributed by atoms with E-state index in [4.69, 9.17) is 5.73 Å². The van der Waals surface area contributed by atoms with E-state index in [9.17, 15) is 13.9 Å². The molecule has 0 fully saturated rings. The van der Waals surface area contributed by atoms with Crippen molar-refractivity contribution >= 4 is 21.6 Å². The third kappa shape index (κ3) is 1.68. The monoisotopic (exact) mass is 372 g/mol. The normalized spacial score (nSPS) is 18.8. The Labute approximate surface area is 134 Å². The molecule has 2 aromatic carbocycles. The Bertz CT molecular complexity index is 823. The van der Waals surface area contributed by atoms with E-state index >= 15 is 0 Å². The molecule has 114 valence electrons. The summed E-state index contributed by atoms with van der Waals surface area (Å²) in [5.74, 6) is -1.52. The summed E-state index contributed by atoms with van der Waals surface area (Å²) >= 11 is 3.32. The molecule has 22 heavy (non-hydrogen) atoms. The van der Waals surface area contributed by atoms with Crippen LogP contribution in [0.25, 0.3) is 11.1 Å². The minimum Gasteiger partial charge on any atom is -0.506 e. The Hall–Kier alpha value is -1.66. The number of hydrogen-bond donors (Lipinski definition) is 3. The van der Waals surface area contributed by atoms with Gasteiger partial charge in [0.2, 0.25) is 0 Å². The van der Waals surface area contributed by atoms with E-state index in [1.165, 1.54) is 0 Å². The number of halogens is 3. The van der Waals surface area contributed by atoms with Crippen molar-refractivity contribution in [1.29, 1.82) is 0 Å². The van der Waals surface area contributed by atoms with E-state index in [0.29, 0.717) is 46.2 Å². The van der Waals surface area contributed by atoms with E-state index < -0.39 is 11.6 Å². The van der Waals surface area contributed by atoms with E-state index in [1.807, 2.05) is 0 Å². The van der Waals surface area contributed by atoms with Gasteiger partial charge in [0.25, 0.3) is 0 Å². The standard InChI is InChI=1S/C16H13BrF2N2O/c17-13-15(20)12-6-1-2-9(18)14(19)8(6)5-10-11(12)7(16(13)22)3-4-21-10/h1-2,10,21-22H,3-5,20H2/t10-/m1/s1/i17+5. The summed E-state index contributed by atoms with van der Waals surface area (Å²) in [6.45, 7) is 0.674. The molecule has 4 N–H and O–H groups in total. The largest absolute Gasteiger partial charge is 0.506 e. The van der Waals surface area contributed by atoms with Crippen LogP contribution in [0, 0.1) is 11.6 Å². The van der Waals surface area contributed by atoms with Gasteiger partial charge in [-0.25, -0.2) is 8.78 Å². The van der Waals surface area contributed by atoms with Gasteiger partial charge in [-0.3, -0.25) is 0 Å². The van der Waals surface area contributed by atoms with Crippen molar-refractivity contribution in [1.82, 2.24) is 5.32 Å². The van der Waals surface area contributed by atoms with E-state index in [1.54, 1.807) is 6.07 Å². The Kier molecular flexibility index (Phi) is 2.96. The molecule has 0 amide bonds. The molecular weight excluding hydrogens is 359 g/mol. The van der Waals surface area contributed by atoms with Crippen LogP contribution in [0.5, 0.6) is 5.75 Å². The minimum absolute atomic E-state index is 0.147. The van der Waals surface area contributed by atoms with Crippen LogP contribution >= 0.6 is 15.9 Å². The number of nitrogens with one attached hydrogen (secondary N) is 1. The molecule has 0 aromatic heterocycles. The van der Waals surface area contributed by atoms with Crippen LogP contribution in [0.3, 0.4) is 0 Å². The molecule has 4 rings (SSSR count). The van der Waals surface area contributed by atoms with Gasteiger partial charge >= 0.3 is 0 Å². The molecule has 0 radical (unpaired) electrons. The number of anilines is 1. The van der Waals surface area contributed by atoms with Crippen molar-refractivity contribution in [3.8, 4) is 16.9 Å². The quantitative estimate of drug-likeness (QED) is 0.621. The predicted octanol–water partition coefficient (Wildman–Crippen LogP) is 3.43. The van der Waals surface area contributed by atoms with Crippen LogP contribution in [0.4, 0.5) is 14.5 Å². The summed E-state index contributed by atoms with van der Waals surface area (Å²) < 4.78 is 28.2. The van der Waals surface area contributed by atoms with Gasteiger partial charge < -0.3 is 16.2 Å². The SMILES string of the molecule is Nc1c([85Br])c(O)c2c3c1-c1ccc(F)c(F)c1C[C@H]3NCC2. The number of nitrogens with two attached hydrogens (primary N) is 1. The van der Waals surface area contributed by atoms with Crippen LogP contribution < -0.4 is 11.1 Å². The molecule has 6 heteroatoms. The molecule has 0 unspecified atom stereocenters. The zero-order chi connectivity index (χ0) is 15.6. The second-order valence-corrected chi connectivity index (χ2v) is 6.48. The highest BCUT2D eigenvalue weighted by atomic mass is 84.9. The van der Waals surface area contributed by atoms with Crippen molar-refractivity contribution in [3.05, 3.63) is 44.9 Å². The first-order valence-electron chi connectivity index (χ1n) is 7.04. The lowest BCUT2D eigenvalue weighted by molar-refractivity contribution is 0.435. The van der Waals surface area contributed by atoms with Gasteiger partial charge in [-0.2, -0.15) is 0 Å². The fourth-order valence-electron chi connectivity index (χ4n) is 3.60. The maximum atomic E-state index is 14.2. The van der Waals surface area contributed by atoms with Gasteiger partial charge in [-0.1, -0.05) is 6.07 Å². The fourth-order valence-corrected chi connectivity index (χ4v) is 4.04. The Balaban J connectivity index is 2.13. The molecule has 0 bridgehead atoms. The smallest absolute Gasteiger partial charge is 0.162 e. The van der Waals surface area contributed by atoms with Gasteiger partial charge in [0.05, 0.1) is 10.2 Å².